The van der Waals surface area contributed by atoms with E-state index in [1.54, 1.807) is 0 Å². The van der Waals surface area contributed by atoms with E-state index in [2.05, 4.69) is 16.8 Å². The zero-order valence-corrected chi connectivity index (χ0v) is 10.8. The highest BCUT2D eigenvalue weighted by molar-refractivity contribution is 7.11. The molecule has 16 heavy (non-hydrogen) atoms. The van der Waals surface area contributed by atoms with Crippen molar-refractivity contribution >= 4 is 11.3 Å². The van der Waals surface area contributed by atoms with Crippen molar-refractivity contribution in [3.8, 4) is 0 Å². The lowest BCUT2D eigenvalue weighted by Gasteiger charge is -2.11. The number of likely N-dealkylation sites (N-methyl/N-ethyl adjacent to an activating group) is 1. The molecule has 1 aliphatic rings. The lowest BCUT2D eigenvalue weighted by molar-refractivity contribution is 0.354. The van der Waals surface area contributed by atoms with Gasteiger partial charge < -0.3 is 10.6 Å². The molecule has 1 unspecified atom stereocenters. The van der Waals surface area contributed by atoms with Crippen molar-refractivity contribution in [3.05, 3.63) is 16.1 Å². The number of likely N-dealkylation sites (tertiary alicyclic amines) is 1. The Morgan fingerprint density at radius 3 is 3.19 bits per heavy atom. The highest BCUT2D eigenvalue weighted by Crippen LogP contribution is 2.30. The summed E-state index contributed by atoms with van der Waals surface area (Å²) in [7, 11) is 0. The molecule has 1 fully saturated rings. The SMILES string of the molecule is CCN1CCC(c2ncc(CCCN)s2)C1. The molecular formula is C12H21N3S. The molecule has 0 radical (unpaired) electrons. The number of nitrogens with zero attached hydrogens (tertiary/aromatic N) is 2. The molecule has 0 bridgehead atoms. The van der Waals surface area contributed by atoms with Crippen molar-refractivity contribution < 1.29 is 0 Å². The molecule has 2 heterocycles. The maximum atomic E-state index is 5.52. The van der Waals surface area contributed by atoms with E-state index in [9.17, 15) is 0 Å². The van der Waals surface area contributed by atoms with Gasteiger partial charge in [0.15, 0.2) is 0 Å². The average Bonchev–Trinajstić information content (AvgIpc) is 2.94. The number of aryl methyl sites for hydroxylation is 1. The van der Waals surface area contributed by atoms with E-state index < -0.39 is 0 Å². The summed E-state index contributed by atoms with van der Waals surface area (Å²) in [6, 6.07) is 0. The molecule has 3 nitrogen and oxygen atoms in total. The molecule has 1 saturated heterocycles. The van der Waals surface area contributed by atoms with Crippen LogP contribution in [0, 0.1) is 0 Å². The molecule has 2 N–H and O–H groups in total. The summed E-state index contributed by atoms with van der Waals surface area (Å²) in [6.45, 7) is 6.61. The van der Waals surface area contributed by atoms with Crippen molar-refractivity contribution in [1.82, 2.24) is 9.88 Å². The fourth-order valence-electron chi connectivity index (χ4n) is 2.22. The minimum absolute atomic E-state index is 0.677. The molecule has 0 aliphatic carbocycles. The predicted molar refractivity (Wildman–Crippen MR) is 69.0 cm³/mol. The van der Waals surface area contributed by atoms with Gasteiger partial charge >= 0.3 is 0 Å². The number of nitrogens with two attached hydrogens (primary N) is 1. The molecule has 1 aromatic heterocycles. The fraction of sp³-hybridized carbons (Fsp3) is 0.750. The standard InChI is InChI=1S/C12H21N3S/c1-2-15-7-5-10(9-15)12-14-8-11(16-12)4-3-6-13/h8,10H,2-7,9,13H2,1H3. The summed E-state index contributed by atoms with van der Waals surface area (Å²) in [4.78, 5) is 8.47. The second-order valence-electron chi connectivity index (χ2n) is 4.44. The zero-order valence-electron chi connectivity index (χ0n) is 9.98. The van der Waals surface area contributed by atoms with Crippen LogP contribution in [0.15, 0.2) is 6.20 Å². The smallest absolute Gasteiger partial charge is 0.0971 e. The van der Waals surface area contributed by atoms with Gasteiger partial charge in [-0.05, 0) is 38.9 Å². The third-order valence-corrected chi connectivity index (χ3v) is 4.49. The van der Waals surface area contributed by atoms with Crippen molar-refractivity contribution in [3.63, 3.8) is 0 Å². The first-order valence-electron chi connectivity index (χ1n) is 6.20. The Hall–Kier alpha value is -0.450. The van der Waals surface area contributed by atoms with E-state index in [-0.39, 0.29) is 0 Å². The first-order valence-corrected chi connectivity index (χ1v) is 7.02. The van der Waals surface area contributed by atoms with Crippen LogP contribution in [0.5, 0.6) is 0 Å². The summed E-state index contributed by atoms with van der Waals surface area (Å²) < 4.78 is 0. The first kappa shape index (κ1) is 12.0. The summed E-state index contributed by atoms with van der Waals surface area (Å²) in [5.41, 5.74) is 5.52. The van der Waals surface area contributed by atoms with Gasteiger partial charge in [0, 0.05) is 23.5 Å². The minimum atomic E-state index is 0.677. The quantitative estimate of drug-likeness (QED) is 0.852. The van der Waals surface area contributed by atoms with E-state index in [1.807, 2.05) is 17.5 Å². The number of hydrogen-bond acceptors (Lipinski definition) is 4. The summed E-state index contributed by atoms with van der Waals surface area (Å²) in [6.07, 6.45) is 5.49. The Kier molecular flexibility index (Phi) is 4.32. The highest BCUT2D eigenvalue weighted by atomic mass is 32.1. The normalized spacial score (nSPS) is 21.8. The van der Waals surface area contributed by atoms with Gasteiger partial charge in [0.2, 0.25) is 0 Å². The molecule has 4 heteroatoms. The fourth-order valence-corrected chi connectivity index (χ4v) is 3.31. The number of aromatic nitrogens is 1. The molecule has 1 aromatic rings. The Morgan fingerprint density at radius 2 is 2.50 bits per heavy atom. The van der Waals surface area contributed by atoms with E-state index >= 15 is 0 Å². The topological polar surface area (TPSA) is 42.2 Å². The molecule has 90 valence electrons. The van der Waals surface area contributed by atoms with Gasteiger partial charge in [0.05, 0.1) is 5.01 Å². The van der Waals surface area contributed by atoms with Crippen LogP contribution in [-0.2, 0) is 6.42 Å². The van der Waals surface area contributed by atoms with Gasteiger partial charge in [-0.3, -0.25) is 0 Å². The lowest BCUT2D eigenvalue weighted by atomic mass is 10.1. The summed E-state index contributed by atoms with van der Waals surface area (Å²) >= 11 is 1.89. The van der Waals surface area contributed by atoms with Crippen molar-refractivity contribution in [2.24, 2.45) is 5.73 Å². The molecule has 1 atom stereocenters. The van der Waals surface area contributed by atoms with Crippen LogP contribution in [0.2, 0.25) is 0 Å². The van der Waals surface area contributed by atoms with Crippen LogP contribution < -0.4 is 5.73 Å². The molecule has 1 aliphatic heterocycles. The van der Waals surface area contributed by atoms with Gasteiger partial charge in [-0.1, -0.05) is 6.92 Å². The number of rotatable bonds is 5. The van der Waals surface area contributed by atoms with E-state index in [4.69, 9.17) is 5.73 Å². The summed E-state index contributed by atoms with van der Waals surface area (Å²) in [5.74, 6) is 0.677. The van der Waals surface area contributed by atoms with Crippen LogP contribution in [0.3, 0.4) is 0 Å². The molecule has 0 amide bonds. The van der Waals surface area contributed by atoms with Gasteiger partial charge in [-0.25, -0.2) is 4.98 Å². The highest BCUT2D eigenvalue weighted by Gasteiger charge is 2.24. The van der Waals surface area contributed by atoms with Gasteiger partial charge in [0.25, 0.3) is 0 Å². The maximum absolute atomic E-state index is 5.52. The van der Waals surface area contributed by atoms with E-state index in [0.29, 0.717) is 5.92 Å². The lowest BCUT2D eigenvalue weighted by Crippen LogP contribution is -2.19. The van der Waals surface area contributed by atoms with Crippen molar-refractivity contribution in [2.45, 2.75) is 32.1 Å². The van der Waals surface area contributed by atoms with Crippen LogP contribution in [0.1, 0.15) is 35.6 Å². The molecule has 2 rings (SSSR count). The van der Waals surface area contributed by atoms with Gasteiger partial charge in [-0.15, -0.1) is 11.3 Å². The second kappa shape index (κ2) is 5.75. The third-order valence-electron chi connectivity index (χ3n) is 3.27. The van der Waals surface area contributed by atoms with Gasteiger partial charge in [-0.2, -0.15) is 0 Å². The van der Waals surface area contributed by atoms with Crippen molar-refractivity contribution in [2.75, 3.05) is 26.2 Å². The molecule has 0 saturated carbocycles. The predicted octanol–water partition coefficient (Wildman–Crippen LogP) is 1.84. The average molecular weight is 239 g/mol. The first-order chi connectivity index (χ1) is 7.83. The zero-order chi connectivity index (χ0) is 11.4. The van der Waals surface area contributed by atoms with Crippen LogP contribution in [-0.4, -0.2) is 36.1 Å². The third kappa shape index (κ3) is 2.81. The molecule has 0 spiro atoms. The van der Waals surface area contributed by atoms with E-state index in [0.717, 1.165) is 19.4 Å². The molecule has 0 aromatic carbocycles. The minimum Gasteiger partial charge on any atom is -0.330 e. The Labute approximate surface area is 102 Å². The molecular weight excluding hydrogens is 218 g/mol. The number of thiazole rings is 1. The maximum Gasteiger partial charge on any atom is 0.0971 e. The van der Waals surface area contributed by atoms with Gasteiger partial charge in [0.1, 0.15) is 0 Å². The second-order valence-corrected chi connectivity index (χ2v) is 5.58. The van der Waals surface area contributed by atoms with Crippen molar-refractivity contribution in [1.29, 1.82) is 0 Å². The Balaban J connectivity index is 1.92. The Morgan fingerprint density at radius 1 is 1.62 bits per heavy atom. The van der Waals surface area contributed by atoms with Crippen LogP contribution in [0.25, 0.3) is 0 Å². The van der Waals surface area contributed by atoms with E-state index in [1.165, 1.54) is 35.9 Å². The monoisotopic (exact) mass is 239 g/mol. The largest absolute Gasteiger partial charge is 0.330 e. The van der Waals surface area contributed by atoms with Crippen LogP contribution in [0.4, 0.5) is 0 Å². The number of hydrogen-bond donors (Lipinski definition) is 1. The Bertz CT molecular complexity index is 324. The van der Waals surface area contributed by atoms with Crippen LogP contribution >= 0.6 is 11.3 Å². The summed E-state index contributed by atoms with van der Waals surface area (Å²) in [5, 5.41) is 1.34.